The number of nitrogens with zero attached hydrogens (tertiary/aromatic N) is 3. The maximum Gasteiger partial charge on any atom is 0.322 e. The minimum absolute atomic E-state index is 0.0896. The monoisotopic (exact) mass is 460 g/mol. The van der Waals surface area contributed by atoms with Gasteiger partial charge in [-0.05, 0) is 62.4 Å². The van der Waals surface area contributed by atoms with Crippen LogP contribution in [0.25, 0.3) is 11.5 Å². The Morgan fingerprint density at radius 3 is 2.28 bits per heavy atom. The highest BCUT2D eigenvalue weighted by atomic mass is 32.2. The SMILES string of the molecule is C[C@H]1CN(S(=O)(=O)c2ccc(C(=O)Nc3nnc(-c4ccc(F)cc4)o3)cc2)C[C@H](C)O1. The summed E-state index contributed by atoms with van der Waals surface area (Å²) in [4.78, 5) is 12.6. The van der Waals surface area contributed by atoms with Crippen molar-refractivity contribution in [2.24, 2.45) is 0 Å². The van der Waals surface area contributed by atoms with Crippen molar-refractivity contribution in [3.63, 3.8) is 0 Å². The molecule has 32 heavy (non-hydrogen) atoms. The molecule has 1 aliphatic rings. The van der Waals surface area contributed by atoms with Gasteiger partial charge in [0.2, 0.25) is 15.9 Å². The van der Waals surface area contributed by atoms with Gasteiger partial charge in [-0.3, -0.25) is 10.1 Å². The minimum Gasteiger partial charge on any atom is -0.403 e. The molecule has 168 valence electrons. The molecular weight excluding hydrogens is 439 g/mol. The number of nitrogens with one attached hydrogen (secondary N) is 1. The summed E-state index contributed by atoms with van der Waals surface area (Å²) in [5, 5.41) is 10.0. The molecule has 2 heterocycles. The number of sulfonamides is 1. The molecular formula is C21H21FN4O5S. The molecule has 1 amide bonds. The summed E-state index contributed by atoms with van der Waals surface area (Å²) in [5.74, 6) is -0.822. The van der Waals surface area contributed by atoms with E-state index in [-0.39, 0.29) is 47.7 Å². The maximum atomic E-state index is 13.0. The number of anilines is 1. The Labute approximate surface area is 184 Å². The molecule has 3 aromatic rings. The zero-order valence-corrected chi connectivity index (χ0v) is 18.2. The van der Waals surface area contributed by atoms with Crippen molar-refractivity contribution < 1.29 is 26.8 Å². The van der Waals surface area contributed by atoms with Crippen LogP contribution in [0, 0.1) is 5.82 Å². The second-order valence-electron chi connectivity index (χ2n) is 7.48. The standard InChI is InChI=1S/C21H21FN4O5S/c1-13-11-26(12-14(2)30-13)32(28,29)18-9-5-15(6-10-18)19(27)23-21-25-24-20(31-21)16-3-7-17(22)8-4-16/h3-10,13-14H,11-12H2,1-2H3,(H,23,25,27)/t13-,14-/m0/s1. The molecule has 2 atom stereocenters. The normalized spacial score (nSPS) is 19.6. The fourth-order valence-corrected chi connectivity index (χ4v) is 5.00. The number of carbonyl (C=O) groups excluding carboxylic acids is 1. The molecule has 0 saturated carbocycles. The lowest BCUT2D eigenvalue weighted by molar-refractivity contribution is -0.0440. The molecule has 1 N–H and O–H groups in total. The predicted octanol–water partition coefficient (Wildman–Crippen LogP) is 2.93. The zero-order valence-electron chi connectivity index (χ0n) is 17.4. The average molecular weight is 460 g/mol. The van der Waals surface area contributed by atoms with E-state index in [0.29, 0.717) is 5.56 Å². The predicted molar refractivity (Wildman–Crippen MR) is 113 cm³/mol. The molecule has 0 spiro atoms. The lowest BCUT2D eigenvalue weighted by Crippen LogP contribution is -2.48. The van der Waals surface area contributed by atoms with Crippen LogP contribution in [-0.4, -0.2) is 54.1 Å². The Bertz CT molecular complexity index is 1200. The number of amides is 1. The van der Waals surface area contributed by atoms with Crippen LogP contribution in [0.5, 0.6) is 0 Å². The molecule has 2 aromatic carbocycles. The van der Waals surface area contributed by atoms with Gasteiger partial charge in [-0.1, -0.05) is 5.10 Å². The maximum absolute atomic E-state index is 13.0. The molecule has 0 bridgehead atoms. The topological polar surface area (TPSA) is 115 Å². The van der Waals surface area contributed by atoms with Crippen LogP contribution >= 0.6 is 0 Å². The lowest BCUT2D eigenvalue weighted by atomic mass is 10.2. The first-order valence-corrected chi connectivity index (χ1v) is 11.3. The van der Waals surface area contributed by atoms with Gasteiger partial charge in [0, 0.05) is 24.2 Å². The fourth-order valence-electron chi connectivity index (χ4n) is 3.41. The molecule has 11 heteroatoms. The van der Waals surface area contributed by atoms with Crippen LogP contribution in [0.1, 0.15) is 24.2 Å². The number of hydrogen-bond donors (Lipinski definition) is 1. The van der Waals surface area contributed by atoms with E-state index in [4.69, 9.17) is 9.15 Å². The lowest BCUT2D eigenvalue weighted by Gasteiger charge is -2.34. The third-order valence-corrected chi connectivity index (χ3v) is 6.72. The van der Waals surface area contributed by atoms with Crippen molar-refractivity contribution in [2.45, 2.75) is 31.0 Å². The van der Waals surface area contributed by atoms with Crippen LogP contribution < -0.4 is 5.32 Å². The van der Waals surface area contributed by atoms with E-state index < -0.39 is 21.7 Å². The van der Waals surface area contributed by atoms with Crippen LogP contribution in [0.4, 0.5) is 10.4 Å². The van der Waals surface area contributed by atoms with Gasteiger partial charge < -0.3 is 9.15 Å². The number of ether oxygens (including phenoxy) is 1. The number of aromatic nitrogens is 2. The zero-order chi connectivity index (χ0) is 22.9. The molecule has 1 fully saturated rings. The van der Waals surface area contributed by atoms with Crippen molar-refractivity contribution in [3.05, 3.63) is 59.9 Å². The Morgan fingerprint density at radius 1 is 1.03 bits per heavy atom. The molecule has 4 rings (SSSR count). The van der Waals surface area contributed by atoms with E-state index in [0.717, 1.165) is 0 Å². The van der Waals surface area contributed by atoms with Gasteiger partial charge in [-0.2, -0.15) is 4.31 Å². The van der Waals surface area contributed by atoms with Crippen molar-refractivity contribution in [1.82, 2.24) is 14.5 Å². The number of rotatable bonds is 5. The summed E-state index contributed by atoms with van der Waals surface area (Å²) in [7, 11) is -3.71. The molecule has 0 aliphatic carbocycles. The number of halogens is 1. The van der Waals surface area contributed by atoms with Gasteiger partial charge in [0.25, 0.3) is 5.91 Å². The summed E-state index contributed by atoms with van der Waals surface area (Å²) >= 11 is 0. The van der Waals surface area contributed by atoms with Crippen LogP contribution in [0.2, 0.25) is 0 Å². The quantitative estimate of drug-likeness (QED) is 0.623. The summed E-state index contributed by atoms with van der Waals surface area (Å²) in [5.41, 5.74) is 0.718. The van der Waals surface area contributed by atoms with Crippen molar-refractivity contribution >= 4 is 21.9 Å². The molecule has 1 aliphatic heterocycles. The Balaban J connectivity index is 1.45. The van der Waals surface area contributed by atoms with Gasteiger partial charge in [-0.15, -0.1) is 5.10 Å². The second-order valence-corrected chi connectivity index (χ2v) is 9.42. The van der Waals surface area contributed by atoms with Crippen LogP contribution in [-0.2, 0) is 14.8 Å². The molecule has 1 saturated heterocycles. The average Bonchev–Trinajstić information content (AvgIpc) is 3.22. The van der Waals surface area contributed by atoms with E-state index in [9.17, 15) is 17.6 Å². The number of carbonyl (C=O) groups is 1. The van der Waals surface area contributed by atoms with Crippen molar-refractivity contribution in [3.8, 4) is 11.5 Å². The van der Waals surface area contributed by atoms with Crippen LogP contribution in [0.3, 0.4) is 0 Å². The first-order valence-electron chi connectivity index (χ1n) is 9.89. The molecule has 1 aromatic heterocycles. The van der Waals surface area contributed by atoms with Crippen LogP contribution in [0.15, 0.2) is 57.8 Å². The van der Waals surface area contributed by atoms with E-state index in [1.54, 1.807) is 0 Å². The van der Waals surface area contributed by atoms with Gasteiger partial charge in [0.15, 0.2) is 0 Å². The van der Waals surface area contributed by atoms with Gasteiger partial charge >= 0.3 is 6.01 Å². The number of morpholine rings is 1. The second kappa shape index (κ2) is 8.77. The summed E-state index contributed by atoms with van der Waals surface area (Å²) in [6, 6.07) is 10.9. The number of hydrogen-bond acceptors (Lipinski definition) is 7. The Kier molecular flexibility index (Phi) is 6.04. The smallest absolute Gasteiger partial charge is 0.322 e. The summed E-state index contributed by atoms with van der Waals surface area (Å²) in [6.07, 6.45) is -0.402. The summed E-state index contributed by atoms with van der Waals surface area (Å²) in [6.45, 7) is 4.18. The van der Waals surface area contributed by atoms with Gasteiger partial charge in [0.05, 0.1) is 17.1 Å². The summed E-state index contributed by atoms with van der Waals surface area (Å²) < 4.78 is 51.3. The molecule has 9 nitrogen and oxygen atoms in total. The van der Waals surface area contributed by atoms with E-state index in [2.05, 4.69) is 15.5 Å². The van der Waals surface area contributed by atoms with Gasteiger partial charge in [0.1, 0.15) is 5.82 Å². The van der Waals surface area contributed by atoms with E-state index >= 15 is 0 Å². The third kappa shape index (κ3) is 4.69. The largest absolute Gasteiger partial charge is 0.403 e. The molecule has 0 unspecified atom stereocenters. The molecule has 0 radical (unpaired) electrons. The van der Waals surface area contributed by atoms with E-state index in [1.165, 1.54) is 52.8 Å². The Morgan fingerprint density at radius 2 is 1.66 bits per heavy atom. The third-order valence-electron chi connectivity index (χ3n) is 4.88. The fraction of sp³-hybridized carbons (Fsp3) is 0.286. The highest BCUT2D eigenvalue weighted by Gasteiger charge is 2.32. The first kappa shape index (κ1) is 22.1. The van der Waals surface area contributed by atoms with Crippen molar-refractivity contribution in [1.29, 1.82) is 0 Å². The van der Waals surface area contributed by atoms with E-state index in [1.807, 2.05) is 13.8 Å². The van der Waals surface area contributed by atoms with Gasteiger partial charge in [-0.25, -0.2) is 12.8 Å². The number of benzene rings is 2. The highest BCUT2D eigenvalue weighted by molar-refractivity contribution is 7.89. The Hall–Kier alpha value is -3.15. The minimum atomic E-state index is -3.71. The van der Waals surface area contributed by atoms with Crippen molar-refractivity contribution in [2.75, 3.05) is 18.4 Å². The first-order chi connectivity index (χ1) is 15.2. The highest BCUT2D eigenvalue weighted by Crippen LogP contribution is 2.23.